The number of rotatable bonds is 7. The molecule has 4 atom stereocenters. The second-order valence-electron chi connectivity index (χ2n) is 10.7. The third-order valence-electron chi connectivity index (χ3n) is 8.79. The molecule has 193 valence electrons. The Balaban J connectivity index is 0.00000280. The monoisotopic (exact) mass is 567 g/mol. The fourth-order valence-corrected chi connectivity index (χ4v) is 16.5. The Bertz CT molecular complexity index is 1020. The molecule has 0 nitrogen and oxygen atoms in total. The van der Waals surface area contributed by atoms with Gasteiger partial charge in [0.25, 0.3) is 0 Å². The average molecular weight is 568 g/mol. The predicted octanol–water partition coefficient (Wildman–Crippen LogP) is 9.70. The second-order valence-corrected chi connectivity index (χ2v) is 16.7. The van der Waals surface area contributed by atoms with Crippen molar-refractivity contribution in [3.8, 4) is 0 Å². The van der Waals surface area contributed by atoms with Crippen molar-refractivity contribution >= 4 is 15.8 Å². The minimum Gasteiger partial charge on any atom is -0.0622 e. The molecule has 0 radical (unpaired) electrons. The summed E-state index contributed by atoms with van der Waals surface area (Å²) in [5.74, 6) is 0. The van der Waals surface area contributed by atoms with E-state index in [9.17, 15) is 0 Å². The third kappa shape index (κ3) is 5.96. The first kappa shape index (κ1) is 26.8. The van der Waals surface area contributed by atoms with Crippen molar-refractivity contribution in [3.63, 3.8) is 0 Å². The minimum atomic E-state index is -0.564. The van der Waals surface area contributed by atoms with Gasteiger partial charge in [-0.2, -0.15) is 0 Å². The molecular formula is C34H39NiP2+2. The minimum absolute atomic E-state index is 0. The summed E-state index contributed by atoms with van der Waals surface area (Å²) in [7, 11) is -1.13. The molecule has 6 rings (SSSR count). The van der Waals surface area contributed by atoms with E-state index in [0.717, 1.165) is 22.6 Å². The number of hydrogen-bond donors (Lipinski definition) is 0. The van der Waals surface area contributed by atoms with Gasteiger partial charge in [0.05, 0.1) is 35.0 Å². The summed E-state index contributed by atoms with van der Waals surface area (Å²) < 4.78 is 0. The number of hydrogen-bond acceptors (Lipinski definition) is 0. The van der Waals surface area contributed by atoms with Crippen LogP contribution in [0.5, 0.6) is 0 Å². The van der Waals surface area contributed by atoms with Crippen molar-refractivity contribution in [2.45, 2.75) is 48.3 Å². The first-order valence-electron chi connectivity index (χ1n) is 13.8. The Morgan fingerprint density at radius 2 is 0.595 bits per heavy atom. The molecule has 2 saturated heterocycles. The molecule has 0 N–H and O–H groups in total. The van der Waals surface area contributed by atoms with Gasteiger partial charge in [-0.3, -0.25) is 0 Å². The maximum Gasteiger partial charge on any atom is 0.0931 e. The topological polar surface area (TPSA) is 0 Å². The van der Waals surface area contributed by atoms with Crippen molar-refractivity contribution in [2.24, 2.45) is 0 Å². The standard InChI is InChI=1S/C34H36P2.Ni.H/c1-5-13-27(14-6-1)31-21-22-32(28-15-7-2-8-16-28)35(31)25-26-36-33(29-17-9-3-10-18-29)23-24-34(36)30-19-11-4-12-20-30;;/h1-20,31-34H,21-26H2;;/p+2/t31-,32-,33-,34-;;/m0../s1. The largest absolute Gasteiger partial charge is 0.0931 e. The normalized spacial score (nSPS) is 24.1. The van der Waals surface area contributed by atoms with E-state index in [1.165, 1.54) is 38.0 Å². The van der Waals surface area contributed by atoms with E-state index in [4.69, 9.17) is 0 Å². The van der Waals surface area contributed by atoms with E-state index in [1.54, 1.807) is 22.3 Å². The quantitative estimate of drug-likeness (QED) is 0.154. The molecule has 0 unspecified atom stereocenters. The summed E-state index contributed by atoms with van der Waals surface area (Å²) in [5, 5.41) is 0. The molecule has 0 saturated carbocycles. The van der Waals surface area contributed by atoms with Gasteiger partial charge in [0, 0.05) is 15.8 Å². The summed E-state index contributed by atoms with van der Waals surface area (Å²) in [6.45, 7) is 0. The van der Waals surface area contributed by atoms with E-state index in [1.807, 2.05) is 0 Å². The van der Waals surface area contributed by atoms with Gasteiger partial charge in [0.2, 0.25) is 0 Å². The van der Waals surface area contributed by atoms with E-state index >= 15 is 0 Å². The molecule has 3 heteroatoms. The molecule has 37 heavy (non-hydrogen) atoms. The van der Waals surface area contributed by atoms with Gasteiger partial charge in [-0.05, 0) is 47.9 Å². The predicted molar refractivity (Wildman–Crippen MR) is 163 cm³/mol. The van der Waals surface area contributed by atoms with E-state index < -0.39 is 15.8 Å². The summed E-state index contributed by atoms with van der Waals surface area (Å²) in [6, 6.07) is 46.0. The smallest absolute Gasteiger partial charge is 0.0622 e. The van der Waals surface area contributed by atoms with Crippen molar-refractivity contribution in [1.82, 2.24) is 0 Å². The maximum atomic E-state index is 2.41. The molecule has 0 bridgehead atoms. The van der Waals surface area contributed by atoms with Crippen molar-refractivity contribution in [2.75, 3.05) is 12.3 Å². The van der Waals surface area contributed by atoms with Crippen molar-refractivity contribution in [1.29, 1.82) is 0 Å². The van der Waals surface area contributed by atoms with Crippen molar-refractivity contribution < 1.29 is 16.5 Å². The molecule has 2 aliphatic rings. The van der Waals surface area contributed by atoms with Gasteiger partial charge in [-0.15, -0.1) is 0 Å². The third-order valence-corrected chi connectivity index (χ3v) is 17.0. The van der Waals surface area contributed by atoms with Crippen LogP contribution in [0.3, 0.4) is 0 Å². The fraction of sp³-hybridized carbons (Fsp3) is 0.294. The first-order valence-corrected chi connectivity index (χ1v) is 17.5. The van der Waals surface area contributed by atoms with Crippen LogP contribution >= 0.6 is 15.8 Å². The van der Waals surface area contributed by atoms with Gasteiger partial charge >= 0.3 is 16.5 Å². The molecule has 2 heterocycles. The van der Waals surface area contributed by atoms with Crippen LogP contribution in [0.2, 0.25) is 0 Å². The average Bonchev–Trinajstić information content (AvgIpc) is 3.58. The Morgan fingerprint density at radius 3 is 0.811 bits per heavy atom. The summed E-state index contributed by atoms with van der Waals surface area (Å²) in [5.41, 5.74) is 9.57. The molecule has 4 aromatic rings. The Morgan fingerprint density at radius 1 is 0.378 bits per heavy atom. The van der Waals surface area contributed by atoms with E-state index in [0.29, 0.717) is 0 Å². The maximum absolute atomic E-state index is 2.41. The Labute approximate surface area is 235 Å². The van der Waals surface area contributed by atoms with Crippen LogP contribution in [0, 0.1) is 0 Å². The fourth-order valence-electron chi connectivity index (χ4n) is 7.14. The molecular weight excluding hydrogens is 529 g/mol. The zero-order chi connectivity index (χ0) is 24.2. The zero-order valence-electron chi connectivity index (χ0n) is 21.4. The number of benzene rings is 4. The van der Waals surface area contributed by atoms with Crippen molar-refractivity contribution in [3.05, 3.63) is 144 Å². The molecule has 2 fully saturated rings. The molecule has 0 spiro atoms. The summed E-state index contributed by atoms with van der Waals surface area (Å²) in [6.07, 6.45) is 8.39. The van der Waals surface area contributed by atoms with Gasteiger partial charge in [0.1, 0.15) is 0 Å². The summed E-state index contributed by atoms with van der Waals surface area (Å²) in [4.78, 5) is 0. The van der Waals surface area contributed by atoms with Gasteiger partial charge < -0.3 is 0 Å². The van der Waals surface area contributed by atoms with Gasteiger partial charge in [-0.1, -0.05) is 121 Å². The summed E-state index contributed by atoms with van der Waals surface area (Å²) >= 11 is 0. The molecule has 4 aromatic carbocycles. The molecule has 0 amide bonds. The van der Waals surface area contributed by atoms with Gasteiger partial charge in [0.15, 0.2) is 0 Å². The van der Waals surface area contributed by atoms with Crippen LogP contribution < -0.4 is 0 Å². The van der Waals surface area contributed by atoms with E-state index in [2.05, 4.69) is 121 Å². The SMILES string of the molecule is [NiH].c1ccc([C@@H]2CC[C@@H](c3ccccc3)[PH+]2CC[PH+]2[C@H](c3ccccc3)CC[C@H]2c2ccccc2)cc1. The Kier molecular flexibility index (Phi) is 9.32. The van der Waals surface area contributed by atoms with Crippen LogP contribution in [0.25, 0.3) is 0 Å². The molecule has 0 aliphatic carbocycles. The van der Waals surface area contributed by atoms with Crippen LogP contribution in [0.1, 0.15) is 70.6 Å². The van der Waals surface area contributed by atoms with Gasteiger partial charge in [-0.25, -0.2) is 0 Å². The van der Waals surface area contributed by atoms with Crippen LogP contribution in [0.15, 0.2) is 121 Å². The van der Waals surface area contributed by atoms with E-state index in [-0.39, 0.29) is 16.5 Å². The Hall–Kier alpha value is -1.77. The van der Waals surface area contributed by atoms with Crippen LogP contribution in [-0.2, 0) is 16.5 Å². The van der Waals surface area contributed by atoms with Crippen LogP contribution in [-0.4, -0.2) is 12.3 Å². The zero-order valence-corrected chi connectivity index (χ0v) is 24.5. The molecule has 0 aromatic heterocycles. The first-order chi connectivity index (χ1) is 17.9. The molecule has 2 aliphatic heterocycles. The second kappa shape index (κ2) is 12.9. The van der Waals surface area contributed by atoms with Crippen LogP contribution in [0.4, 0.5) is 0 Å².